The Kier molecular flexibility index (Phi) is 7.75. The van der Waals surface area contributed by atoms with Gasteiger partial charge in [-0.25, -0.2) is 0 Å². The molecule has 0 unspecified atom stereocenters. The fourth-order valence-electron chi connectivity index (χ4n) is 9.57. The van der Waals surface area contributed by atoms with Crippen LogP contribution in [-0.4, -0.2) is 17.4 Å². The average molecular weight is 510 g/mol. The van der Waals surface area contributed by atoms with Crippen molar-refractivity contribution in [1.82, 2.24) is 0 Å². The fraction of sp³-hybridized carbons (Fsp3) is 0.966. The number of hydrogen-bond donors (Lipinski definition) is 0. The van der Waals surface area contributed by atoms with E-state index in [2.05, 4.69) is 50.5 Å². The predicted octanol–water partition coefficient (Wildman–Crippen LogP) is 8.41. The number of esters is 1. The van der Waals surface area contributed by atoms with Crippen LogP contribution >= 0.6 is 15.9 Å². The van der Waals surface area contributed by atoms with Crippen molar-refractivity contribution in [2.45, 2.75) is 118 Å². The zero-order valence-corrected chi connectivity index (χ0v) is 23.1. The molecule has 4 fully saturated rings. The highest BCUT2D eigenvalue weighted by atomic mass is 79.9. The molecule has 0 amide bonds. The Bertz CT molecular complexity index is 662. The number of ether oxygens (including phenoxy) is 1. The van der Waals surface area contributed by atoms with Crippen LogP contribution in [0, 0.1) is 52.3 Å². The minimum Gasteiger partial charge on any atom is -0.462 e. The molecule has 0 aliphatic heterocycles. The first-order chi connectivity index (χ1) is 15.2. The molecule has 0 N–H and O–H groups in total. The second-order valence-electron chi connectivity index (χ2n) is 13.2. The van der Waals surface area contributed by atoms with E-state index < -0.39 is 0 Å². The van der Waals surface area contributed by atoms with Gasteiger partial charge in [0.2, 0.25) is 0 Å². The summed E-state index contributed by atoms with van der Waals surface area (Å²) in [7, 11) is 0. The van der Waals surface area contributed by atoms with E-state index >= 15 is 0 Å². The van der Waals surface area contributed by atoms with Gasteiger partial charge in [-0.05, 0) is 110 Å². The Labute approximate surface area is 206 Å². The second-order valence-corrected chi connectivity index (χ2v) is 13.8. The van der Waals surface area contributed by atoms with Crippen LogP contribution < -0.4 is 0 Å². The quantitative estimate of drug-likeness (QED) is 0.254. The zero-order valence-electron chi connectivity index (χ0n) is 21.5. The van der Waals surface area contributed by atoms with Gasteiger partial charge in [-0.1, -0.05) is 69.8 Å². The fourth-order valence-corrected chi connectivity index (χ4v) is 9.70. The molecule has 0 aromatic carbocycles. The largest absolute Gasteiger partial charge is 0.462 e. The molecule has 4 aliphatic carbocycles. The standard InChI is InChI=1S/C29H49BrO2/c1-19(2)7-6-8-20(3)24-11-12-25-23-10-9-21-17-22(32-27(31)18-30)13-15-28(21,4)26(23)14-16-29(24,25)5/h19-26H,6-18H2,1-5H3/t20-,21+,22-,23+,24+,25-,26+,28+,29+/m1/s1. The van der Waals surface area contributed by atoms with E-state index in [-0.39, 0.29) is 12.1 Å². The Morgan fingerprint density at radius 1 is 0.938 bits per heavy atom. The van der Waals surface area contributed by atoms with Crippen molar-refractivity contribution in [3.05, 3.63) is 0 Å². The van der Waals surface area contributed by atoms with Crippen LogP contribution in [0.1, 0.15) is 112 Å². The zero-order chi connectivity index (χ0) is 23.1. The van der Waals surface area contributed by atoms with Gasteiger partial charge < -0.3 is 4.74 Å². The minimum absolute atomic E-state index is 0.0831. The molecule has 0 radical (unpaired) electrons. The summed E-state index contributed by atoms with van der Waals surface area (Å²) in [5.74, 6) is 6.17. The van der Waals surface area contributed by atoms with Crippen molar-refractivity contribution in [2.24, 2.45) is 52.3 Å². The summed E-state index contributed by atoms with van der Waals surface area (Å²) in [6.07, 6.45) is 16.5. The number of carbonyl (C=O) groups is 1. The van der Waals surface area contributed by atoms with Crippen LogP contribution in [0.2, 0.25) is 0 Å². The van der Waals surface area contributed by atoms with Crippen LogP contribution in [0.25, 0.3) is 0 Å². The van der Waals surface area contributed by atoms with E-state index in [0.29, 0.717) is 16.2 Å². The number of rotatable bonds is 7. The van der Waals surface area contributed by atoms with Gasteiger partial charge in [0.25, 0.3) is 0 Å². The molecule has 0 spiro atoms. The molecule has 0 bridgehead atoms. The molecule has 0 aromatic heterocycles. The van der Waals surface area contributed by atoms with E-state index in [1.807, 2.05) is 0 Å². The van der Waals surface area contributed by atoms with Gasteiger partial charge in [-0.3, -0.25) is 4.79 Å². The molecule has 0 heterocycles. The lowest BCUT2D eigenvalue weighted by molar-refractivity contribution is -0.160. The molecular formula is C29H49BrO2. The Hall–Kier alpha value is -0.0500. The number of carbonyl (C=O) groups excluding carboxylic acids is 1. The summed E-state index contributed by atoms with van der Waals surface area (Å²) >= 11 is 3.26. The second kappa shape index (κ2) is 9.90. The van der Waals surface area contributed by atoms with E-state index in [1.165, 1.54) is 64.2 Å². The maximum atomic E-state index is 11.8. The molecule has 4 aliphatic rings. The molecule has 0 saturated heterocycles. The topological polar surface area (TPSA) is 26.3 Å². The van der Waals surface area contributed by atoms with Crippen LogP contribution in [0.3, 0.4) is 0 Å². The normalized spacial score (nSPS) is 44.5. The molecule has 3 heteroatoms. The molecular weight excluding hydrogens is 460 g/mol. The highest BCUT2D eigenvalue weighted by Crippen LogP contribution is 2.68. The molecule has 32 heavy (non-hydrogen) atoms. The molecule has 4 rings (SSSR count). The summed E-state index contributed by atoms with van der Waals surface area (Å²) in [4.78, 5) is 11.8. The Morgan fingerprint density at radius 3 is 2.38 bits per heavy atom. The van der Waals surface area contributed by atoms with Crippen molar-refractivity contribution in [3.63, 3.8) is 0 Å². The molecule has 184 valence electrons. The third-order valence-corrected chi connectivity index (χ3v) is 11.7. The monoisotopic (exact) mass is 508 g/mol. The third kappa shape index (κ3) is 4.59. The predicted molar refractivity (Wildman–Crippen MR) is 137 cm³/mol. The smallest absolute Gasteiger partial charge is 0.316 e. The van der Waals surface area contributed by atoms with Gasteiger partial charge in [0.05, 0.1) is 0 Å². The summed E-state index contributed by atoms with van der Waals surface area (Å²) < 4.78 is 5.76. The van der Waals surface area contributed by atoms with Crippen LogP contribution in [0.4, 0.5) is 0 Å². The van der Waals surface area contributed by atoms with Gasteiger partial charge in [0.15, 0.2) is 0 Å². The van der Waals surface area contributed by atoms with Crippen molar-refractivity contribution >= 4 is 21.9 Å². The highest BCUT2D eigenvalue weighted by Gasteiger charge is 2.60. The van der Waals surface area contributed by atoms with Crippen molar-refractivity contribution in [1.29, 1.82) is 0 Å². The van der Waals surface area contributed by atoms with E-state index in [0.717, 1.165) is 54.3 Å². The maximum Gasteiger partial charge on any atom is 0.316 e. The number of alkyl halides is 1. The summed E-state index contributed by atoms with van der Waals surface area (Å²) in [5.41, 5.74) is 1.06. The lowest BCUT2D eigenvalue weighted by atomic mass is 9.44. The van der Waals surface area contributed by atoms with Gasteiger partial charge >= 0.3 is 5.97 Å². The number of halogens is 1. The third-order valence-electron chi connectivity index (χ3n) is 11.2. The SMILES string of the molecule is CC(C)CCC[C@@H](C)[C@@H]1CC[C@@H]2[C@@H]3CC[C@H]4C[C@H](OC(=O)CBr)CC[C@]4(C)[C@H]3CC[C@]21C. The van der Waals surface area contributed by atoms with Crippen LogP contribution in [0.15, 0.2) is 0 Å². The summed E-state index contributed by atoms with van der Waals surface area (Å²) in [6, 6.07) is 0. The Morgan fingerprint density at radius 2 is 1.66 bits per heavy atom. The van der Waals surface area contributed by atoms with E-state index in [1.54, 1.807) is 0 Å². The summed E-state index contributed by atoms with van der Waals surface area (Å²) in [6.45, 7) is 12.7. The van der Waals surface area contributed by atoms with E-state index in [4.69, 9.17) is 4.74 Å². The van der Waals surface area contributed by atoms with E-state index in [9.17, 15) is 4.79 Å². The van der Waals surface area contributed by atoms with Gasteiger partial charge in [0.1, 0.15) is 11.4 Å². The minimum atomic E-state index is -0.0831. The van der Waals surface area contributed by atoms with Crippen LogP contribution in [-0.2, 0) is 9.53 Å². The molecule has 4 saturated carbocycles. The first-order valence-electron chi connectivity index (χ1n) is 13.9. The lowest BCUT2D eigenvalue weighted by Crippen LogP contribution is -2.54. The van der Waals surface area contributed by atoms with Gasteiger partial charge in [-0.15, -0.1) is 0 Å². The first kappa shape index (κ1) is 25.1. The highest BCUT2D eigenvalue weighted by molar-refractivity contribution is 9.09. The van der Waals surface area contributed by atoms with Gasteiger partial charge in [-0.2, -0.15) is 0 Å². The van der Waals surface area contributed by atoms with Gasteiger partial charge in [0, 0.05) is 0 Å². The molecule has 2 nitrogen and oxygen atoms in total. The molecule has 9 atom stereocenters. The van der Waals surface area contributed by atoms with Crippen molar-refractivity contribution in [2.75, 3.05) is 5.33 Å². The Balaban J connectivity index is 1.42. The number of fused-ring (bicyclic) bond motifs is 5. The lowest BCUT2D eigenvalue weighted by Gasteiger charge is -2.61. The maximum absolute atomic E-state index is 11.8. The number of hydrogen-bond acceptors (Lipinski definition) is 2. The van der Waals surface area contributed by atoms with Crippen LogP contribution in [0.5, 0.6) is 0 Å². The average Bonchev–Trinajstić information content (AvgIpc) is 3.11. The molecule has 0 aromatic rings. The first-order valence-corrected chi connectivity index (χ1v) is 15.1. The van der Waals surface area contributed by atoms with Crippen molar-refractivity contribution < 1.29 is 9.53 Å². The summed E-state index contributed by atoms with van der Waals surface area (Å²) in [5, 5.41) is 0.327. The van der Waals surface area contributed by atoms with Crippen molar-refractivity contribution in [3.8, 4) is 0 Å².